The van der Waals surface area contributed by atoms with E-state index in [1.54, 1.807) is 4.57 Å². The fourth-order valence-electron chi connectivity index (χ4n) is 3.77. The molecule has 156 valence electrons. The lowest BCUT2D eigenvalue weighted by Crippen LogP contribution is -2.22. The first kappa shape index (κ1) is 19.6. The van der Waals surface area contributed by atoms with Gasteiger partial charge in [-0.15, -0.1) is 10.2 Å². The minimum atomic E-state index is -0.0489. The minimum Gasteiger partial charge on any atom is -0.378 e. The zero-order valence-corrected chi connectivity index (χ0v) is 17.6. The van der Waals surface area contributed by atoms with E-state index in [-0.39, 0.29) is 5.56 Å². The van der Waals surface area contributed by atoms with Gasteiger partial charge >= 0.3 is 0 Å². The number of fused-ring (bicyclic) bond motifs is 3. The molecule has 6 heteroatoms. The molecule has 3 aromatic carbocycles. The monoisotopic (exact) mass is 419 g/mol. The molecule has 2 aromatic heterocycles. The normalized spacial score (nSPS) is 10.8. The molecule has 0 aliphatic rings. The lowest BCUT2D eigenvalue weighted by atomic mass is 10.1. The maximum Gasteiger partial charge on any atom is 0.262 e. The van der Waals surface area contributed by atoms with Gasteiger partial charge in [-0.25, -0.2) is 0 Å². The van der Waals surface area contributed by atoms with Crippen LogP contribution in [0.25, 0.3) is 16.7 Å². The largest absolute Gasteiger partial charge is 0.378 e. The second-order valence-corrected chi connectivity index (χ2v) is 7.37. The number of aromatic nitrogens is 4. The van der Waals surface area contributed by atoms with Gasteiger partial charge in [0.25, 0.3) is 5.56 Å². The average molecular weight is 419 g/mol. The topological polar surface area (TPSA) is 64.2 Å². The number of aryl methyl sites for hydroxylation is 1. The maximum atomic E-state index is 12.8. The van der Waals surface area contributed by atoms with Crippen molar-refractivity contribution in [1.29, 1.82) is 0 Å². The van der Waals surface area contributed by atoms with E-state index in [1.165, 1.54) is 0 Å². The molecule has 0 bridgehead atoms. The van der Waals surface area contributed by atoms with Crippen LogP contribution in [0.2, 0.25) is 0 Å². The molecule has 0 saturated carbocycles. The van der Waals surface area contributed by atoms with Crippen LogP contribution in [0.5, 0.6) is 0 Å². The van der Waals surface area contributed by atoms with E-state index in [1.807, 2.05) is 90.2 Å². The Morgan fingerprint density at radius 3 is 2.47 bits per heavy atom. The number of hydrogen-bond acceptors (Lipinski definition) is 4. The number of benzene rings is 3. The highest BCUT2D eigenvalue weighted by atomic mass is 16.1. The van der Waals surface area contributed by atoms with E-state index in [2.05, 4.69) is 27.4 Å². The first-order chi connectivity index (χ1) is 15.7. The van der Waals surface area contributed by atoms with Crippen LogP contribution in [0.3, 0.4) is 0 Å². The van der Waals surface area contributed by atoms with Crippen LogP contribution in [0.1, 0.15) is 23.9 Å². The Morgan fingerprint density at radius 1 is 0.875 bits per heavy atom. The van der Waals surface area contributed by atoms with Crippen LogP contribution in [-0.2, 0) is 13.1 Å². The van der Waals surface area contributed by atoms with Crippen molar-refractivity contribution >= 4 is 22.4 Å². The fourth-order valence-corrected chi connectivity index (χ4v) is 3.77. The molecule has 0 atom stereocenters. The molecule has 1 N–H and O–H groups in total. The molecular weight excluding hydrogens is 398 g/mol. The number of para-hydroxylation sites is 1. The van der Waals surface area contributed by atoms with E-state index in [4.69, 9.17) is 0 Å². The molecule has 5 aromatic rings. The highest BCUT2D eigenvalue weighted by molar-refractivity contribution is 5.80. The van der Waals surface area contributed by atoms with Crippen LogP contribution < -0.4 is 10.9 Å². The van der Waals surface area contributed by atoms with Crippen molar-refractivity contribution < 1.29 is 0 Å². The predicted octanol–water partition coefficient (Wildman–Crippen LogP) is 4.08. The summed E-state index contributed by atoms with van der Waals surface area (Å²) in [6, 6.07) is 25.5. The van der Waals surface area contributed by atoms with Crippen molar-refractivity contribution in [2.75, 3.05) is 5.32 Å². The molecule has 5 rings (SSSR count). The number of nitrogens with one attached hydrogen (secondary N) is 1. The van der Waals surface area contributed by atoms with Gasteiger partial charge in [-0.3, -0.25) is 13.8 Å². The summed E-state index contributed by atoms with van der Waals surface area (Å²) in [7, 11) is 0. The van der Waals surface area contributed by atoms with E-state index in [0.717, 1.165) is 28.2 Å². The van der Waals surface area contributed by atoms with Gasteiger partial charge in [0.15, 0.2) is 5.82 Å². The molecule has 0 unspecified atom stereocenters. The second-order valence-electron chi connectivity index (χ2n) is 7.37. The van der Waals surface area contributed by atoms with E-state index >= 15 is 0 Å². The quantitative estimate of drug-likeness (QED) is 0.446. The van der Waals surface area contributed by atoms with Gasteiger partial charge in [0.1, 0.15) is 0 Å². The smallest absolute Gasteiger partial charge is 0.262 e. The maximum absolute atomic E-state index is 12.8. The van der Waals surface area contributed by atoms with Crippen LogP contribution in [0, 0.1) is 11.8 Å². The van der Waals surface area contributed by atoms with Crippen molar-refractivity contribution in [1.82, 2.24) is 19.2 Å². The zero-order valence-electron chi connectivity index (χ0n) is 17.6. The average Bonchev–Trinajstić information content (AvgIpc) is 3.27. The van der Waals surface area contributed by atoms with E-state index in [0.29, 0.717) is 24.3 Å². The summed E-state index contributed by atoms with van der Waals surface area (Å²) in [5, 5.41) is 12.7. The zero-order chi connectivity index (χ0) is 21.9. The Kier molecular flexibility index (Phi) is 5.14. The molecule has 2 heterocycles. The first-order valence-corrected chi connectivity index (χ1v) is 10.5. The predicted molar refractivity (Wildman–Crippen MR) is 127 cm³/mol. The summed E-state index contributed by atoms with van der Waals surface area (Å²) in [6.45, 7) is 2.92. The van der Waals surface area contributed by atoms with Crippen LogP contribution in [0.15, 0.2) is 83.7 Å². The van der Waals surface area contributed by atoms with Crippen molar-refractivity contribution in [2.45, 2.75) is 20.0 Å². The highest BCUT2D eigenvalue weighted by Gasteiger charge is 2.15. The summed E-state index contributed by atoms with van der Waals surface area (Å²) in [5.74, 6) is 7.68. The van der Waals surface area contributed by atoms with Gasteiger partial charge in [-0.2, -0.15) is 0 Å². The van der Waals surface area contributed by atoms with Gasteiger partial charge < -0.3 is 5.32 Å². The SMILES string of the molecule is CCn1c(=O)c2ccccc2n2c(CNc3cccc(C#Cc4ccccc4)c3)nnc12. The summed E-state index contributed by atoms with van der Waals surface area (Å²) < 4.78 is 3.60. The van der Waals surface area contributed by atoms with Gasteiger partial charge in [-0.1, -0.05) is 48.2 Å². The van der Waals surface area contributed by atoms with Gasteiger partial charge in [0.05, 0.1) is 17.4 Å². The Labute approximate surface area is 185 Å². The molecule has 0 amide bonds. The summed E-state index contributed by atoms with van der Waals surface area (Å²) in [5.41, 5.74) is 3.60. The Hall–Kier alpha value is -4.37. The third-order valence-electron chi connectivity index (χ3n) is 5.33. The van der Waals surface area contributed by atoms with Crippen molar-refractivity contribution in [3.8, 4) is 11.8 Å². The molecule has 0 aliphatic carbocycles. The lowest BCUT2D eigenvalue weighted by molar-refractivity contribution is 0.734. The number of hydrogen-bond donors (Lipinski definition) is 1. The Balaban J connectivity index is 1.46. The summed E-state index contributed by atoms with van der Waals surface area (Å²) in [4.78, 5) is 12.8. The standard InChI is InChI=1S/C26H21N5O/c1-2-30-25(32)22-13-6-7-14-23(22)31-24(28-29-26(30)31)18-27-21-12-8-11-20(17-21)16-15-19-9-4-3-5-10-19/h3-14,17,27H,2,18H2,1H3. The third kappa shape index (κ3) is 3.61. The highest BCUT2D eigenvalue weighted by Crippen LogP contribution is 2.16. The molecule has 6 nitrogen and oxygen atoms in total. The lowest BCUT2D eigenvalue weighted by Gasteiger charge is -2.10. The third-order valence-corrected chi connectivity index (χ3v) is 5.33. The van der Waals surface area contributed by atoms with Crippen LogP contribution in [0.4, 0.5) is 5.69 Å². The van der Waals surface area contributed by atoms with Crippen LogP contribution in [-0.4, -0.2) is 19.2 Å². The molecule has 0 spiro atoms. The summed E-state index contributed by atoms with van der Waals surface area (Å²) in [6.07, 6.45) is 0. The second kappa shape index (κ2) is 8.40. The van der Waals surface area contributed by atoms with E-state index in [9.17, 15) is 4.79 Å². The molecular formula is C26H21N5O. The van der Waals surface area contributed by atoms with Crippen LogP contribution >= 0.6 is 0 Å². The molecule has 0 saturated heterocycles. The minimum absolute atomic E-state index is 0.0489. The number of nitrogens with zero attached hydrogens (tertiary/aromatic N) is 4. The first-order valence-electron chi connectivity index (χ1n) is 10.5. The molecule has 32 heavy (non-hydrogen) atoms. The number of anilines is 1. The molecule has 0 aliphatic heterocycles. The van der Waals surface area contributed by atoms with E-state index < -0.39 is 0 Å². The summed E-state index contributed by atoms with van der Waals surface area (Å²) >= 11 is 0. The molecule has 0 fully saturated rings. The Morgan fingerprint density at radius 2 is 1.62 bits per heavy atom. The fraction of sp³-hybridized carbons (Fsp3) is 0.115. The Bertz CT molecular complexity index is 1540. The van der Waals surface area contributed by atoms with Gasteiger partial charge in [0.2, 0.25) is 5.78 Å². The van der Waals surface area contributed by atoms with Crippen molar-refractivity contribution in [3.63, 3.8) is 0 Å². The van der Waals surface area contributed by atoms with Crippen molar-refractivity contribution in [2.24, 2.45) is 0 Å². The van der Waals surface area contributed by atoms with Crippen molar-refractivity contribution in [3.05, 3.63) is 106 Å². The van der Waals surface area contributed by atoms with Gasteiger partial charge in [-0.05, 0) is 49.4 Å². The van der Waals surface area contributed by atoms with Gasteiger partial charge in [0, 0.05) is 23.4 Å². The number of rotatable bonds is 4. The molecule has 0 radical (unpaired) electrons.